The highest BCUT2D eigenvalue weighted by atomic mass is 16.6. The normalized spacial score (nSPS) is 16.9. The van der Waals surface area contributed by atoms with E-state index in [-0.39, 0.29) is 30.8 Å². The Kier molecular flexibility index (Phi) is 12.3. The summed E-state index contributed by atoms with van der Waals surface area (Å²) >= 11 is 0. The molecule has 1 aromatic rings. The first-order valence-electron chi connectivity index (χ1n) is 14.1. The van der Waals surface area contributed by atoms with Crippen LogP contribution in [0.25, 0.3) is 0 Å². The molecule has 2 rings (SSSR count). The molecule has 1 aliphatic rings. The monoisotopic (exact) mass is 575 g/mol. The van der Waals surface area contributed by atoms with Crippen molar-refractivity contribution in [3.63, 3.8) is 0 Å². The second kappa shape index (κ2) is 15.0. The number of hydrogen-bond acceptors (Lipinski definition) is 9. The fraction of sp³-hybridized carbons (Fsp3) is 0.633. The van der Waals surface area contributed by atoms with Crippen LogP contribution in [0, 0.1) is 5.41 Å². The molecule has 0 spiro atoms. The van der Waals surface area contributed by atoms with Gasteiger partial charge in [-0.3, -0.25) is 19.4 Å². The maximum absolute atomic E-state index is 13.2. The molecule has 1 heterocycles. The lowest BCUT2D eigenvalue weighted by atomic mass is 9.80. The molecule has 1 fully saturated rings. The standard InChI is InChI=1S/C30H45N3O8/c1-8-9-18-40-27(37)24(31-25(35)22-13-11-10-12-21(22)20-34)30(5,6)14-15-32-16-17-33(23(19-32)26(36)39-7)28(38)41-29(2,3)4/h10-13,20,23-24H,8-9,14-19H2,1-7H3,(H,31,35)/t23-,24-/m1/s1. The van der Waals surface area contributed by atoms with Crippen molar-refractivity contribution >= 4 is 30.2 Å². The number of aldehydes is 1. The number of piperazine rings is 1. The Labute approximate surface area is 242 Å². The van der Waals surface area contributed by atoms with Crippen LogP contribution in [0.4, 0.5) is 4.79 Å². The molecule has 2 atom stereocenters. The summed E-state index contributed by atoms with van der Waals surface area (Å²) in [7, 11) is 1.28. The van der Waals surface area contributed by atoms with Gasteiger partial charge in [0.2, 0.25) is 0 Å². The molecule has 1 N–H and O–H groups in total. The average molecular weight is 576 g/mol. The van der Waals surface area contributed by atoms with Gasteiger partial charge in [-0.15, -0.1) is 0 Å². The molecule has 0 aliphatic carbocycles. The smallest absolute Gasteiger partial charge is 0.411 e. The van der Waals surface area contributed by atoms with Gasteiger partial charge in [0.05, 0.1) is 13.7 Å². The molecule has 228 valence electrons. The van der Waals surface area contributed by atoms with E-state index in [9.17, 15) is 24.0 Å². The minimum absolute atomic E-state index is 0.170. The summed E-state index contributed by atoms with van der Waals surface area (Å²) in [5, 5.41) is 2.81. The van der Waals surface area contributed by atoms with Crippen molar-refractivity contribution in [2.24, 2.45) is 5.41 Å². The number of nitrogens with one attached hydrogen (secondary N) is 1. The number of rotatable bonds is 12. The van der Waals surface area contributed by atoms with Gasteiger partial charge in [-0.2, -0.15) is 0 Å². The molecular weight excluding hydrogens is 530 g/mol. The highest BCUT2D eigenvalue weighted by Crippen LogP contribution is 2.28. The van der Waals surface area contributed by atoms with E-state index in [0.717, 1.165) is 6.42 Å². The number of hydrogen-bond donors (Lipinski definition) is 1. The maximum atomic E-state index is 13.2. The minimum Gasteiger partial charge on any atom is -0.467 e. The zero-order chi connectivity index (χ0) is 30.8. The molecular formula is C30H45N3O8. The zero-order valence-corrected chi connectivity index (χ0v) is 25.4. The van der Waals surface area contributed by atoms with E-state index < -0.39 is 47.0 Å². The summed E-state index contributed by atoms with van der Waals surface area (Å²) in [5.74, 6) is -1.64. The minimum atomic E-state index is -0.994. The highest BCUT2D eigenvalue weighted by molar-refractivity contribution is 6.02. The molecule has 2 amide bonds. The van der Waals surface area contributed by atoms with Crippen LogP contribution in [0.15, 0.2) is 24.3 Å². The van der Waals surface area contributed by atoms with Crippen LogP contribution in [-0.4, -0.2) is 97.6 Å². The third-order valence-corrected chi connectivity index (χ3v) is 7.01. The molecule has 0 unspecified atom stereocenters. The van der Waals surface area contributed by atoms with E-state index in [1.54, 1.807) is 32.9 Å². The van der Waals surface area contributed by atoms with Crippen molar-refractivity contribution in [3.05, 3.63) is 35.4 Å². The molecule has 0 radical (unpaired) electrons. The van der Waals surface area contributed by atoms with Gasteiger partial charge in [0.25, 0.3) is 5.91 Å². The quantitative estimate of drug-likeness (QED) is 0.172. The van der Waals surface area contributed by atoms with E-state index in [1.807, 2.05) is 25.7 Å². The summed E-state index contributed by atoms with van der Waals surface area (Å²) in [6, 6.07) is 4.53. The van der Waals surface area contributed by atoms with Gasteiger partial charge < -0.3 is 19.5 Å². The number of methoxy groups -OCH3 is 1. The predicted octanol–water partition coefficient (Wildman–Crippen LogP) is 3.45. The molecule has 11 heteroatoms. The Morgan fingerprint density at radius 2 is 1.78 bits per heavy atom. The van der Waals surface area contributed by atoms with Crippen LogP contribution >= 0.6 is 0 Å². The first kappa shape index (κ1) is 33.7. The Bertz CT molecular complexity index is 1080. The van der Waals surface area contributed by atoms with Gasteiger partial charge in [-0.1, -0.05) is 45.4 Å². The first-order valence-corrected chi connectivity index (χ1v) is 14.1. The van der Waals surface area contributed by atoms with E-state index in [0.29, 0.717) is 32.2 Å². The number of carbonyl (C=O) groups is 5. The third kappa shape index (κ3) is 9.84. The van der Waals surface area contributed by atoms with Crippen molar-refractivity contribution in [1.29, 1.82) is 0 Å². The largest absolute Gasteiger partial charge is 0.467 e. The molecule has 11 nitrogen and oxygen atoms in total. The fourth-order valence-electron chi connectivity index (χ4n) is 4.50. The summed E-state index contributed by atoms with van der Waals surface area (Å²) < 4.78 is 16.0. The van der Waals surface area contributed by atoms with Crippen molar-refractivity contribution in [2.75, 3.05) is 39.9 Å². The van der Waals surface area contributed by atoms with E-state index >= 15 is 0 Å². The van der Waals surface area contributed by atoms with Crippen molar-refractivity contribution in [1.82, 2.24) is 15.1 Å². The second-order valence-electron chi connectivity index (χ2n) is 11.9. The van der Waals surface area contributed by atoms with Crippen molar-refractivity contribution in [2.45, 2.75) is 78.5 Å². The molecule has 0 aromatic heterocycles. The van der Waals surface area contributed by atoms with E-state index in [4.69, 9.17) is 14.2 Å². The molecule has 41 heavy (non-hydrogen) atoms. The molecule has 1 saturated heterocycles. The van der Waals surface area contributed by atoms with Gasteiger partial charge >= 0.3 is 18.0 Å². The van der Waals surface area contributed by atoms with E-state index in [1.165, 1.54) is 24.1 Å². The number of nitrogens with zero attached hydrogens (tertiary/aromatic N) is 2. The number of benzene rings is 1. The van der Waals surface area contributed by atoms with Crippen LogP contribution < -0.4 is 5.32 Å². The fourth-order valence-corrected chi connectivity index (χ4v) is 4.50. The SMILES string of the molecule is CCCCOC(=O)[C@@H](NC(=O)c1ccccc1C=O)C(C)(C)CCN1CCN(C(=O)OC(C)(C)C)[C@@H](C(=O)OC)C1. The number of esters is 2. The van der Waals surface area contributed by atoms with Gasteiger partial charge in [0.1, 0.15) is 17.7 Å². The second-order valence-corrected chi connectivity index (χ2v) is 11.9. The number of amides is 2. The topological polar surface area (TPSA) is 132 Å². The van der Waals surface area contributed by atoms with Gasteiger partial charge in [-0.05, 0) is 51.6 Å². The summed E-state index contributed by atoms with van der Waals surface area (Å²) in [6.07, 6.45) is 2.01. The molecule has 0 bridgehead atoms. The van der Waals surface area contributed by atoms with Gasteiger partial charge in [-0.25, -0.2) is 14.4 Å². The maximum Gasteiger partial charge on any atom is 0.411 e. The van der Waals surface area contributed by atoms with Crippen molar-refractivity contribution < 1.29 is 38.2 Å². The average Bonchev–Trinajstić information content (AvgIpc) is 2.93. The summed E-state index contributed by atoms with van der Waals surface area (Å²) in [6.45, 7) is 12.7. The lowest BCUT2D eigenvalue weighted by Gasteiger charge is -2.41. The zero-order valence-electron chi connectivity index (χ0n) is 25.4. The number of carbonyl (C=O) groups excluding carboxylic acids is 5. The van der Waals surface area contributed by atoms with Crippen LogP contribution in [0.2, 0.25) is 0 Å². The Balaban J connectivity index is 2.19. The lowest BCUT2D eigenvalue weighted by Crippen LogP contribution is -2.60. The Morgan fingerprint density at radius 1 is 1.10 bits per heavy atom. The highest BCUT2D eigenvalue weighted by Gasteiger charge is 2.41. The van der Waals surface area contributed by atoms with Gasteiger partial charge in [0, 0.05) is 30.8 Å². The van der Waals surface area contributed by atoms with Crippen molar-refractivity contribution in [3.8, 4) is 0 Å². The van der Waals surface area contributed by atoms with Gasteiger partial charge in [0.15, 0.2) is 6.29 Å². The predicted molar refractivity (Wildman–Crippen MR) is 153 cm³/mol. The summed E-state index contributed by atoms with van der Waals surface area (Å²) in [5.41, 5.74) is -1.09. The molecule has 0 saturated carbocycles. The van der Waals surface area contributed by atoms with Crippen LogP contribution in [-0.2, 0) is 23.8 Å². The third-order valence-electron chi connectivity index (χ3n) is 7.01. The Hall–Kier alpha value is -3.47. The lowest BCUT2D eigenvalue weighted by molar-refractivity contribution is -0.149. The number of ether oxygens (including phenoxy) is 3. The van der Waals surface area contributed by atoms with E-state index in [2.05, 4.69) is 5.32 Å². The van der Waals surface area contributed by atoms with Crippen LogP contribution in [0.3, 0.4) is 0 Å². The van der Waals surface area contributed by atoms with Crippen LogP contribution in [0.5, 0.6) is 0 Å². The number of unbranched alkanes of at least 4 members (excludes halogenated alkanes) is 1. The molecule has 1 aliphatic heterocycles. The molecule has 1 aromatic carbocycles. The van der Waals surface area contributed by atoms with Crippen LogP contribution in [0.1, 0.15) is 81.5 Å². The first-order chi connectivity index (χ1) is 19.2. The Morgan fingerprint density at radius 3 is 2.39 bits per heavy atom. The summed E-state index contributed by atoms with van der Waals surface area (Å²) in [4.78, 5) is 66.7.